The van der Waals surface area contributed by atoms with Crippen LogP contribution in [-0.4, -0.2) is 27.0 Å². The summed E-state index contributed by atoms with van der Waals surface area (Å²) in [5.74, 6) is -0.835. The van der Waals surface area contributed by atoms with E-state index in [0.29, 0.717) is 0 Å². The number of halogens is 3. The number of carbonyl (C=O) groups excluding carboxylic acids is 1. The smallest absolute Gasteiger partial charge is 0.379 e. The highest BCUT2D eigenvalue weighted by molar-refractivity contribution is 7.87. The zero-order valence-electron chi connectivity index (χ0n) is 13.0. The summed E-state index contributed by atoms with van der Waals surface area (Å²) in [6, 6.07) is 10.7. The quantitative estimate of drug-likeness (QED) is 0.818. The summed E-state index contributed by atoms with van der Waals surface area (Å²) < 4.78 is 65.5. The van der Waals surface area contributed by atoms with E-state index in [4.69, 9.17) is 4.18 Å². The maximum absolute atomic E-state index is 12.2. The van der Waals surface area contributed by atoms with Crippen molar-refractivity contribution in [2.75, 3.05) is 6.54 Å². The summed E-state index contributed by atoms with van der Waals surface area (Å²) in [5, 5.41) is 1.70. The zero-order chi connectivity index (χ0) is 18.7. The summed E-state index contributed by atoms with van der Waals surface area (Å²) in [4.78, 5) is 11.4. The molecule has 0 saturated carbocycles. The van der Waals surface area contributed by atoms with Crippen molar-refractivity contribution in [1.82, 2.24) is 5.32 Å². The Labute approximate surface area is 142 Å². The van der Waals surface area contributed by atoms with Crippen molar-refractivity contribution in [1.29, 1.82) is 0 Å². The van der Waals surface area contributed by atoms with Gasteiger partial charge in [0.1, 0.15) is 17.2 Å². The van der Waals surface area contributed by atoms with Crippen LogP contribution in [0.2, 0.25) is 0 Å². The van der Waals surface area contributed by atoms with Crippen molar-refractivity contribution >= 4 is 16.0 Å². The molecule has 0 aliphatic heterocycles. The lowest BCUT2D eigenvalue weighted by atomic mass is 10.2. The third kappa shape index (κ3) is 5.49. The van der Waals surface area contributed by atoms with Gasteiger partial charge in [0, 0.05) is 5.56 Å². The molecule has 0 aliphatic carbocycles. The van der Waals surface area contributed by atoms with E-state index in [9.17, 15) is 26.4 Å². The number of benzene rings is 2. The van der Waals surface area contributed by atoms with Crippen LogP contribution in [0.15, 0.2) is 53.4 Å². The monoisotopic (exact) mass is 373 g/mol. The largest absolute Gasteiger partial charge is 0.405 e. The second-order valence-corrected chi connectivity index (χ2v) is 6.72. The number of rotatable bonds is 5. The minimum absolute atomic E-state index is 0.0986. The Morgan fingerprint density at radius 2 is 1.60 bits per heavy atom. The van der Waals surface area contributed by atoms with Gasteiger partial charge in [0.15, 0.2) is 0 Å². The highest BCUT2D eigenvalue weighted by Gasteiger charge is 2.28. The molecular formula is C16H14F3NO4S. The summed E-state index contributed by atoms with van der Waals surface area (Å²) in [5.41, 5.74) is 0.831. The predicted molar refractivity (Wildman–Crippen MR) is 83.8 cm³/mol. The Morgan fingerprint density at radius 3 is 2.12 bits per heavy atom. The van der Waals surface area contributed by atoms with Crippen LogP contribution in [0.25, 0.3) is 0 Å². The van der Waals surface area contributed by atoms with Crippen LogP contribution in [0, 0.1) is 6.92 Å². The molecule has 1 amide bonds. The minimum atomic E-state index is -4.53. The maximum atomic E-state index is 12.2. The number of nitrogens with one attached hydrogen (secondary N) is 1. The molecule has 25 heavy (non-hydrogen) atoms. The van der Waals surface area contributed by atoms with Gasteiger partial charge in [-0.15, -0.1) is 0 Å². The van der Waals surface area contributed by atoms with Crippen LogP contribution >= 0.6 is 0 Å². The average molecular weight is 373 g/mol. The molecule has 0 spiro atoms. The fourth-order valence-corrected chi connectivity index (χ4v) is 2.75. The van der Waals surface area contributed by atoms with Crippen LogP contribution in [0.5, 0.6) is 5.75 Å². The molecule has 0 unspecified atom stereocenters. The maximum Gasteiger partial charge on any atom is 0.405 e. The Hall–Kier alpha value is -2.55. The third-order valence-corrected chi connectivity index (χ3v) is 4.34. The van der Waals surface area contributed by atoms with Gasteiger partial charge in [-0.1, -0.05) is 17.7 Å². The highest BCUT2D eigenvalue weighted by Crippen LogP contribution is 2.19. The van der Waals surface area contributed by atoms with Crippen LogP contribution in [0.1, 0.15) is 15.9 Å². The summed E-state index contributed by atoms with van der Waals surface area (Å²) in [6.07, 6.45) is -4.53. The molecule has 0 aromatic heterocycles. The molecule has 0 atom stereocenters. The first-order valence-corrected chi connectivity index (χ1v) is 8.44. The summed E-state index contributed by atoms with van der Waals surface area (Å²) in [7, 11) is -4.12. The van der Waals surface area contributed by atoms with E-state index < -0.39 is 28.7 Å². The molecule has 2 aromatic carbocycles. The van der Waals surface area contributed by atoms with Gasteiger partial charge in [0.05, 0.1) is 0 Å². The SMILES string of the molecule is Cc1ccc(OS(=O)(=O)c2ccc(C(=O)NCC(F)(F)F)cc2)cc1. The lowest BCUT2D eigenvalue weighted by Gasteiger charge is -2.09. The molecule has 9 heteroatoms. The molecule has 0 aliphatic rings. The van der Waals surface area contributed by atoms with Crippen LogP contribution in [0.3, 0.4) is 0 Å². The predicted octanol–water partition coefficient (Wildman–Crippen LogP) is 3.05. The molecule has 5 nitrogen and oxygen atoms in total. The molecular weight excluding hydrogens is 359 g/mol. The van der Waals surface area contributed by atoms with E-state index in [0.717, 1.165) is 29.8 Å². The van der Waals surface area contributed by atoms with Gasteiger partial charge in [-0.3, -0.25) is 4.79 Å². The Kier molecular flexibility index (Phi) is 5.36. The van der Waals surface area contributed by atoms with Gasteiger partial charge in [-0.05, 0) is 43.3 Å². The molecule has 2 rings (SSSR count). The Morgan fingerprint density at radius 1 is 1.04 bits per heavy atom. The van der Waals surface area contributed by atoms with Gasteiger partial charge in [-0.25, -0.2) is 0 Å². The summed E-state index contributed by atoms with van der Waals surface area (Å²) >= 11 is 0. The van der Waals surface area contributed by atoms with Crippen LogP contribution < -0.4 is 9.50 Å². The van der Waals surface area contributed by atoms with Crippen molar-refractivity contribution in [3.8, 4) is 5.75 Å². The molecule has 0 heterocycles. The van der Waals surface area contributed by atoms with Gasteiger partial charge in [-0.2, -0.15) is 21.6 Å². The standard InChI is InChI=1S/C16H14F3NO4S/c1-11-2-6-13(7-3-11)24-25(22,23)14-8-4-12(5-9-14)15(21)20-10-16(17,18)19/h2-9H,10H2,1H3,(H,20,21). The fourth-order valence-electron chi connectivity index (χ4n) is 1.82. The number of hydrogen-bond donors (Lipinski definition) is 1. The number of amides is 1. The Balaban J connectivity index is 2.10. The van der Waals surface area contributed by atoms with Crippen LogP contribution in [0.4, 0.5) is 13.2 Å². The second kappa shape index (κ2) is 7.14. The molecule has 2 aromatic rings. The van der Waals surface area contributed by atoms with E-state index in [2.05, 4.69) is 0 Å². The van der Waals surface area contributed by atoms with E-state index in [1.165, 1.54) is 12.1 Å². The number of aryl methyl sites for hydroxylation is 1. The minimum Gasteiger partial charge on any atom is -0.379 e. The van der Waals surface area contributed by atoms with Gasteiger partial charge in [0.2, 0.25) is 0 Å². The molecule has 0 saturated heterocycles. The first kappa shape index (κ1) is 18.8. The van der Waals surface area contributed by atoms with Crippen LogP contribution in [-0.2, 0) is 10.1 Å². The van der Waals surface area contributed by atoms with Gasteiger partial charge < -0.3 is 9.50 Å². The second-order valence-electron chi connectivity index (χ2n) is 5.17. The van der Waals surface area contributed by atoms with Crippen molar-refractivity contribution in [3.05, 3.63) is 59.7 Å². The summed E-state index contributed by atoms with van der Waals surface area (Å²) in [6.45, 7) is 0.364. The zero-order valence-corrected chi connectivity index (χ0v) is 13.8. The number of carbonyl (C=O) groups is 1. The van der Waals surface area contributed by atoms with E-state index >= 15 is 0 Å². The first-order valence-electron chi connectivity index (χ1n) is 7.03. The van der Waals surface area contributed by atoms with Gasteiger partial charge in [0.25, 0.3) is 5.91 Å². The molecule has 0 bridgehead atoms. The fraction of sp³-hybridized carbons (Fsp3) is 0.188. The number of hydrogen-bond acceptors (Lipinski definition) is 4. The molecule has 1 N–H and O–H groups in total. The topological polar surface area (TPSA) is 72.5 Å². The van der Waals surface area contributed by atoms with Crippen molar-refractivity contribution in [3.63, 3.8) is 0 Å². The van der Waals surface area contributed by atoms with Crippen molar-refractivity contribution in [2.45, 2.75) is 18.0 Å². The third-order valence-electron chi connectivity index (χ3n) is 3.08. The van der Waals surface area contributed by atoms with Gasteiger partial charge >= 0.3 is 16.3 Å². The van der Waals surface area contributed by atoms with E-state index in [-0.39, 0.29) is 16.2 Å². The van der Waals surface area contributed by atoms with Crippen molar-refractivity contribution < 1.29 is 30.6 Å². The molecule has 0 fully saturated rings. The average Bonchev–Trinajstić information content (AvgIpc) is 2.54. The normalized spacial score (nSPS) is 11.8. The molecule has 134 valence electrons. The van der Waals surface area contributed by atoms with E-state index in [1.807, 2.05) is 6.92 Å². The lowest BCUT2D eigenvalue weighted by molar-refractivity contribution is -0.123. The number of alkyl halides is 3. The highest BCUT2D eigenvalue weighted by atomic mass is 32.2. The van der Waals surface area contributed by atoms with E-state index in [1.54, 1.807) is 17.4 Å². The first-order chi connectivity index (χ1) is 11.6. The lowest BCUT2D eigenvalue weighted by Crippen LogP contribution is -2.33. The van der Waals surface area contributed by atoms with Crippen molar-refractivity contribution in [2.24, 2.45) is 0 Å². The molecule has 0 radical (unpaired) electrons. The Bertz CT molecular complexity index is 844.